The Morgan fingerprint density at radius 1 is 0.886 bits per heavy atom. The van der Waals surface area contributed by atoms with E-state index in [1.807, 2.05) is 30.5 Å². The first-order valence-corrected chi connectivity index (χ1v) is 12.3. The average molecular weight is 485 g/mol. The van der Waals surface area contributed by atoms with Crippen LogP contribution >= 0.6 is 0 Å². The molecule has 1 aromatic carbocycles. The molecule has 4 amide bonds. The summed E-state index contributed by atoms with van der Waals surface area (Å²) in [5.74, 6) is -1.41. The van der Waals surface area contributed by atoms with Crippen molar-refractivity contribution in [3.8, 4) is 0 Å². The fourth-order valence-corrected chi connectivity index (χ4v) is 4.24. The van der Waals surface area contributed by atoms with Gasteiger partial charge in [0.1, 0.15) is 0 Å². The smallest absolute Gasteiger partial charge is 0.225 e. The summed E-state index contributed by atoms with van der Waals surface area (Å²) < 4.78 is 0. The molecular weight excluding hydrogens is 448 g/mol. The van der Waals surface area contributed by atoms with Crippen LogP contribution in [0.3, 0.4) is 0 Å². The van der Waals surface area contributed by atoms with Crippen molar-refractivity contribution >= 4 is 34.5 Å². The number of aromatic nitrogens is 1. The molecule has 1 aliphatic heterocycles. The highest BCUT2D eigenvalue weighted by Crippen LogP contribution is 2.21. The maximum atomic E-state index is 13.4. The number of carbonyl (C=O) groups is 4. The van der Waals surface area contributed by atoms with Crippen LogP contribution in [-0.2, 0) is 25.6 Å². The van der Waals surface area contributed by atoms with Crippen molar-refractivity contribution in [1.29, 1.82) is 0 Å². The molecule has 1 aliphatic rings. The number of benzene rings is 1. The number of carbonyl (C=O) groups excluding carboxylic acids is 4. The van der Waals surface area contributed by atoms with Crippen molar-refractivity contribution in [3.05, 3.63) is 36.0 Å². The summed E-state index contributed by atoms with van der Waals surface area (Å²) in [6.07, 6.45) is 4.86. The first kappa shape index (κ1) is 26.2. The highest BCUT2D eigenvalue weighted by Gasteiger charge is 2.25. The standard InChI is InChI=1S/C25H36N6O4/c26-10-4-3-5-19-14-24(34)28-12-8-22(32)27-11-9-23(33)30-16-18(25(35)31-19)13-17-15-29-21-7-2-1-6-20(17)21/h1-2,6-7,15,18-19,29H,3-5,8-14,16,26H2,(H,27,32)(H,28,34)(H,30,33)(H,31,35)/t18-,19+/m1/s1. The van der Waals surface area contributed by atoms with Crippen molar-refractivity contribution in [2.45, 2.75) is 51.0 Å². The van der Waals surface area contributed by atoms with Gasteiger partial charge in [-0.1, -0.05) is 24.6 Å². The highest BCUT2D eigenvalue weighted by molar-refractivity contribution is 5.86. The van der Waals surface area contributed by atoms with E-state index in [2.05, 4.69) is 26.3 Å². The Morgan fingerprint density at radius 2 is 1.60 bits per heavy atom. The van der Waals surface area contributed by atoms with Crippen molar-refractivity contribution in [2.24, 2.45) is 11.7 Å². The predicted molar refractivity (Wildman–Crippen MR) is 133 cm³/mol. The van der Waals surface area contributed by atoms with Gasteiger partial charge in [0, 0.05) is 62.0 Å². The maximum absolute atomic E-state index is 13.4. The Bertz CT molecular complexity index is 1020. The normalized spacial score (nSPS) is 21.2. The van der Waals surface area contributed by atoms with Gasteiger partial charge in [-0.2, -0.15) is 0 Å². The molecule has 3 rings (SSSR count). The van der Waals surface area contributed by atoms with Crippen LogP contribution in [0.4, 0.5) is 0 Å². The lowest BCUT2D eigenvalue weighted by atomic mass is 9.96. The van der Waals surface area contributed by atoms with Gasteiger partial charge in [0.2, 0.25) is 23.6 Å². The second kappa shape index (κ2) is 13.5. The Morgan fingerprint density at radius 3 is 2.37 bits per heavy atom. The number of hydrogen-bond acceptors (Lipinski definition) is 5. The lowest BCUT2D eigenvalue weighted by Crippen LogP contribution is -2.46. The zero-order valence-electron chi connectivity index (χ0n) is 20.0. The van der Waals surface area contributed by atoms with Gasteiger partial charge in [0.05, 0.1) is 5.92 Å². The van der Waals surface area contributed by atoms with Crippen LogP contribution in [0.1, 0.15) is 44.1 Å². The second-order valence-electron chi connectivity index (χ2n) is 8.96. The molecule has 7 N–H and O–H groups in total. The largest absolute Gasteiger partial charge is 0.361 e. The minimum atomic E-state index is -0.527. The Kier molecular flexibility index (Phi) is 10.1. The minimum absolute atomic E-state index is 0.112. The van der Waals surface area contributed by atoms with Crippen LogP contribution in [0.2, 0.25) is 0 Å². The van der Waals surface area contributed by atoms with E-state index in [0.717, 1.165) is 29.3 Å². The second-order valence-corrected chi connectivity index (χ2v) is 8.96. The third kappa shape index (κ3) is 8.40. The summed E-state index contributed by atoms with van der Waals surface area (Å²) in [5.41, 5.74) is 7.58. The number of hydrogen-bond donors (Lipinski definition) is 6. The molecule has 35 heavy (non-hydrogen) atoms. The quantitative estimate of drug-likeness (QED) is 0.329. The number of rotatable bonds is 6. The number of nitrogens with one attached hydrogen (secondary N) is 5. The Labute approximate surface area is 205 Å². The number of H-pyrrole nitrogens is 1. The van der Waals surface area contributed by atoms with E-state index in [9.17, 15) is 19.2 Å². The van der Waals surface area contributed by atoms with Gasteiger partial charge in [-0.05, 0) is 37.4 Å². The molecule has 1 aromatic heterocycles. The number of amides is 4. The zero-order valence-corrected chi connectivity index (χ0v) is 20.0. The van der Waals surface area contributed by atoms with Gasteiger partial charge in [0.15, 0.2) is 0 Å². The van der Waals surface area contributed by atoms with E-state index < -0.39 is 5.92 Å². The molecule has 190 valence electrons. The molecule has 10 nitrogen and oxygen atoms in total. The summed E-state index contributed by atoms with van der Waals surface area (Å²) in [5, 5.41) is 12.3. The number of nitrogens with two attached hydrogens (primary N) is 1. The number of para-hydroxylation sites is 1. The molecule has 0 saturated carbocycles. The monoisotopic (exact) mass is 484 g/mol. The van der Waals surface area contributed by atoms with E-state index in [4.69, 9.17) is 5.73 Å². The summed E-state index contributed by atoms with van der Waals surface area (Å²) in [4.78, 5) is 53.4. The fraction of sp³-hybridized carbons (Fsp3) is 0.520. The van der Waals surface area contributed by atoms with Crippen LogP contribution < -0.4 is 27.0 Å². The van der Waals surface area contributed by atoms with E-state index >= 15 is 0 Å². The summed E-state index contributed by atoms with van der Waals surface area (Å²) in [6, 6.07) is 7.49. The molecule has 1 fully saturated rings. The minimum Gasteiger partial charge on any atom is -0.361 e. The molecule has 2 atom stereocenters. The van der Waals surface area contributed by atoms with E-state index in [-0.39, 0.29) is 68.6 Å². The molecule has 0 radical (unpaired) electrons. The van der Waals surface area contributed by atoms with Crippen molar-refractivity contribution < 1.29 is 19.2 Å². The molecule has 10 heteroatoms. The van der Waals surface area contributed by atoms with Gasteiger partial charge in [-0.25, -0.2) is 0 Å². The zero-order chi connectivity index (χ0) is 25.0. The summed E-state index contributed by atoms with van der Waals surface area (Å²) >= 11 is 0. The van der Waals surface area contributed by atoms with Crippen molar-refractivity contribution in [2.75, 3.05) is 26.2 Å². The number of fused-ring (bicyclic) bond motifs is 1. The van der Waals surface area contributed by atoms with Gasteiger partial charge < -0.3 is 32.0 Å². The lowest BCUT2D eigenvalue weighted by molar-refractivity contribution is -0.126. The molecule has 1 saturated heterocycles. The molecule has 0 spiro atoms. The van der Waals surface area contributed by atoms with Gasteiger partial charge in [-0.15, -0.1) is 0 Å². The SMILES string of the molecule is NCCCC[C@H]1CC(=O)NCCC(=O)NCCC(=O)NC[C@@H](Cc2c[nH]c3ccccc23)C(=O)N1. The van der Waals surface area contributed by atoms with E-state index in [1.54, 1.807) is 0 Å². The predicted octanol–water partition coefficient (Wildman–Crippen LogP) is 0.473. The molecule has 2 aromatic rings. The van der Waals surface area contributed by atoms with Crippen LogP contribution in [-0.4, -0.2) is 60.8 Å². The highest BCUT2D eigenvalue weighted by atomic mass is 16.2. The van der Waals surface area contributed by atoms with E-state index in [1.165, 1.54) is 0 Å². The molecule has 0 bridgehead atoms. The first-order chi connectivity index (χ1) is 17.0. The fourth-order valence-electron chi connectivity index (χ4n) is 4.24. The Hall–Kier alpha value is -3.40. The first-order valence-electron chi connectivity index (χ1n) is 12.3. The Balaban J connectivity index is 1.78. The third-order valence-electron chi connectivity index (χ3n) is 6.19. The van der Waals surface area contributed by atoms with Gasteiger partial charge >= 0.3 is 0 Å². The average Bonchev–Trinajstić information content (AvgIpc) is 3.24. The molecular formula is C25H36N6O4. The summed E-state index contributed by atoms with van der Waals surface area (Å²) in [6.45, 7) is 1.09. The van der Waals surface area contributed by atoms with Gasteiger partial charge in [-0.3, -0.25) is 19.2 Å². The van der Waals surface area contributed by atoms with Crippen molar-refractivity contribution in [3.63, 3.8) is 0 Å². The van der Waals surface area contributed by atoms with Crippen LogP contribution in [0.5, 0.6) is 0 Å². The number of unbranched alkanes of at least 4 members (excludes halogenated alkanes) is 1. The summed E-state index contributed by atoms with van der Waals surface area (Å²) in [7, 11) is 0. The molecule has 0 aliphatic carbocycles. The van der Waals surface area contributed by atoms with Crippen molar-refractivity contribution in [1.82, 2.24) is 26.3 Å². The third-order valence-corrected chi connectivity index (χ3v) is 6.19. The van der Waals surface area contributed by atoms with Crippen LogP contribution in [0, 0.1) is 5.92 Å². The van der Waals surface area contributed by atoms with E-state index in [0.29, 0.717) is 19.4 Å². The topological polar surface area (TPSA) is 158 Å². The molecule has 0 unspecified atom stereocenters. The number of aromatic amines is 1. The van der Waals surface area contributed by atoms with Gasteiger partial charge in [0.25, 0.3) is 0 Å². The molecule has 2 heterocycles. The van der Waals surface area contributed by atoms with Crippen LogP contribution in [0.15, 0.2) is 30.5 Å². The lowest BCUT2D eigenvalue weighted by Gasteiger charge is -2.23. The maximum Gasteiger partial charge on any atom is 0.225 e. The van der Waals surface area contributed by atoms with Crippen LogP contribution in [0.25, 0.3) is 10.9 Å².